The second-order valence-electron chi connectivity index (χ2n) is 4.67. The maximum Gasteiger partial charge on any atom is 0.0314 e. The second-order valence-corrected chi connectivity index (χ2v) is 4.67. The minimum absolute atomic E-state index is 0.322. The van der Waals surface area contributed by atoms with Crippen LogP contribution in [0.4, 0.5) is 5.69 Å². The first kappa shape index (κ1) is 9.53. The molecule has 2 rings (SSSR count). The van der Waals surface area contributed by atoms with Gasteiger partial charge in [-0.05, 0) is 37.7 Å². The molecule has 1 aromatic carbocycles. The fraction of sp³-hybridized carbons (Fsp3) is 0.500. The van der Waals surface area contributed by atoms with Crippen LogP contribution in [0.5, 0.6) is 0 Å². The van der Waals surface area contributed by atoms with E-state index in [0.29, 0.717) is 5.41 Å². The third-order valence-electron chi connectivity index (χ3n) is 3.27. The minimum Gasteiger partial charge on any atom is -0.399 e. The van der Waals surface area contributed by atoms with Gasteiger partial charge in [0.25, 0.3) is 0 Å². The molecule has 1 saturated heterocycles. The zero-order chi connectivity index (χ0) is 10.2. The maximum atomic E-state index is 5.69. The van der Waals surface area contributed by atoms with Gasteiger partial charge in [0.05, 0.1) is 0 Å². The van der Waals surface area contributed by atoms with Crippen LogP contribution in [0.15, 0.2) is 24.3 Å². The van der Waals surface area contributed by atoms with Gasteiger partial charge in [0.2, 0.25) is 0 Å². The van der Waals surface area contributed by atoms with Crippen molar-refractivity contribution >= 4 is 5.69 Å². The molecule has 14 heavy (non-hydrogen) atoms. The molecule has 1 aliphatic rings. The lowest BCUT2D eigenvalue weighted by Crippen LogP contribution is -2.25. The number of anilines is 1. The van der Waals surface area contributed by atoms with Crippen LogP contribution in [-0.2, 0) is 5.41 Å². The molecule has 0 aliphatic carbocycles. The first-order chi connectivity index (χ1) is 6.60. The van der Waals surface area contributed by atoms with E-state index >= 15 is 0 Å². The summed E-state index contributed by atoms with van der Waals surface area (Å²) in [5.74, 6) is 0. The maximum absolute atomic E-state index is 5.69. The first-order valence-electron chi connectivity index (χ1n) is 5.15. The van der Waals surface area contributed by atoms with Crippen molar-refractivity contribution < 1.29 is 0 Å². The van der Waals surface area contributed by atoms with E-state index < -0.39 is 0 Å². The summed E-state index contributed by atoms with van der Waals surface area (Å²) in [5, 5.41) is 0. The summed E-state index contributed by atoms with van der Waals surface area (Å²) in [4.78, 5) is 2.39. The van der Waals surface area contributed by atoms with E-state index in [1.165, 1.54) is 18.5 Å². The predicted molar refractivity (Wildman–Crippen MR) is 60.3 cm³/mol. The summed E-state index contributed by atoms with van der Waals surface area (Å²) in [5.41, 5.74) is 8.27. The molecule has 0 amide bonds. The van der Waals surface area contributed by atoms with Gasteiger partial charge in [-0.2, -0.15) is 0 Å². The molecular formula is C12H18N2. The summed E-state index contributed by atoms with van der Waals surface area (Å²) in [6.07, 6.45) is 1.24. The number of benzene rings is 1. The number of nitrogens with zero attached hydrogens (tertiary/aromatic N) is 1. The number of nitrogen functional groups attached to an aromatic ring is 1. The summed E-state index contributed by atoms with van der Waals surface area (Å²) in [6, 6.07) is 8.32. The topological polar surface area (TPSA) is 29.3 Å². The molecule has 1 atom stereocenters. The number of likely N-dealkylation sites (tertiary alicyclic amines) is 1. The molecule has 1 heterocycles. The van der Waals surface area contributed by atoms with Crippen LogP contribution in [0.3, 0.4) is 0 Å². The van der Waals surface area contributed by atoms with Gasteiger partial charge in [-0.15, -0.1) is 0 Å². The monoisotopic (exact) mass is 190 g/mol. The Hall–Kier alpha value is -1.02. The van der Waals surface area contributed by atoms with Gasteiger partial charge < -0.3 is 10.6 Å². The molecule has 0 aromatic heterocycles. The van der Waals surface area contributed by atoms with E-state index in [9.17, 15) is 0 Å². The zero-order valence-corrected chi connectivity index (χ0v) is 8.96. The lowest BCUT2D eigenvalue weighted by atomic mass is 9.82. The predicted octanol–water partition coefficient (Wildman–Crippen LogP) is 1.86. The smallest absolute Gasteiger partial charge is 0.0314 e. The third-order valence-corrected chi connectivity index (χ3v) is 3.27. The molecule has 1 aromatic rings. The molecule has 2 nitrogen and oxygen atoms in total. The molecule has 0 spiro atoms. The van der Waals surface area contributed by atoms with Crippen LogP contribution >= 0.6 is 0 Å². The second kappa shape index (κ2) is 3.28. The number of nitrogens with two attached hydrogens (primary N) is 1. The highest BCUT2D eigenvalue weighted by atomic mass is 15.1. The molecule has 1 aliphatic heterocycles. The number of rotatable bonds is 1. The van der Waals surface area contributed by atoms with Crippen molar-refractivity contribution in [1.29, 1.82) is 0 Å². The average Bonchev–Trinajstić information content (AvgIpc) is 2.48. The minimum atomic E-state index is 0.322. The standard InChI is InChI=1S/C12H18N2/c1-12(7-8-14(2)9-12)10-3-5-11(13)6-4-10/h3-6H,7-9,13H2,1-2H3/t12-/m0/s1. The Kier molecular flexibility index (Phi) is 2.23. The van der Waals surface area contributed by atoms with Crippen LogP contribution in [0.25, 0.3) is 0 Å². The van der Waals surface area contributed by atoms with Crippen molar-refractivity contribution in [3.8, 4) is 0 Å². The van der Waals surface area contributed by atoms with Gasteiger partial charge in [-0.25, -0.2) is 0 Å². The summed E-state index contributed by atoms with van der Waals surface area (Å²) in [7, 11) is 2.18. The Morgan fingerprint density at radius 2 is 1.93 bits per heavy atom. The number of hydrogen-bond acceptors (Lipinski definition) is 2. The molecule has 76 valence electrons. The van der Waals surface area contributed by atoms with Crippen LogP contribution in [0, 0.1) is 0 Å². The number of likely N-dealkylation sites (N-methyl/N-ethyl adjacent to an activating group) is 1. The fourth-order valence-electron chi connectivity index (χ4n) is 2.31. The van der Waals surface area contributed by atoms with Crippen molar-refractivity contribution in [1.82, 2.24) is 4.90 Å². The Balaban J connectivity index is 2.26. The van der Waals surface area contributed by atoms with Crippen LogP contribution in [0.1, 0.15) is 18.9 Å². The van der Waals surface area contributed by atoms with Crippen LogP contribution in [-0.4, -0.2) is 25.0 Å². The number of hydrogen-bond donors (Lipinski definition) is 1. The highest BCUT2D eigenvalue weighted by Crippen LogP contribution is 2.33. The van der Waals surface area contributed by atoms with Crippen molar-refractivity contribution in [2.45, 2.75) is 18.8 Å². The molecule has 0 unspecified atom stereocenters. The van der Waals surface area contributed by atoms with E-state index in [1.54, 1.807) is 0 Å². The van der Waals surface area contributed by atoms with Crippen LogP contribution in [0.2, 0.25) is 0 Å². The molecule has 0 saturated carbocycles. The van der Waals surface area contributed by atoms with Gasteiger partial charge in [-0.3, -0.25) is 0 Å². The van der Waals surface area contributed by atoms with E-state index in [-0.39, 0.29) is 0 Å². The largest absolute Gasteiger partial charge is 0.399 e. The summed E-state index contributed by atoms with van der Waals surface area (Å²) >= 11 is 0. The van der Waals surface area contributed by atoms with Gasteiger partial charge >= 0.3 is 0 Å². The van der Waals surface area contributed by atoms with Gasteiger partial charge in [-0.1, -0.05) is 19.1 Å². The van der Waals surface area contributed by atoms with E-state index in [0.717, 1.165) is 12.2 Å². The normalized spacial score (nSPS) is 28.1. The fourth-order valence-corrected chi connectivity index (χ4v) is 2.31. The highest BCUT2D eigenvalue weighted by molar-refractivity contribution is 5.41. The van der Waals surface area contributed by atoms with Gasteiger partial charge in [0.15, 0.2) is 0 Å². The summed E-state index contributed by atoms with van der Waals surface area (Å²) < 4.78 is 0. The van der Waals surface area contributed by atoms with Gasteiger partial charge in [0, 0.05) is 17.6 Å². The van der Waals surface area contributed by atoms with Crippen molar-refractivity contribution in [3.63, 3.8) is 0 Å². The Bertz CT molecular complexity index is 318. The zero-order valence-electron chi connectivity index (χ0n) is 8.96. The van der Waals surface area contributed by atoms with E-state index in [2.05, 4.69) is 31.0 Å². The van der Waals surface area contributed by atoms with Crippen LogP contribution < -0.4 is 5.73 Å². The highest BCUT2D eigenvalue weighted by Gasteiger charge is 2.33. The molecule has 0 bridgehead atoms. The molecular weight excluding hydrogens is 172 g/mol. The SMILES string of the molecule is CN1CC[C@](C)(c2ccc(N)cc2)C1. The lowest BCUT2D eigenvalue weighted by Gasteiger charge is -2.24. The quantitative estimate of drug-likeness (QED) is 0.685. The third kappa shape index (κ3) is 1.62. The van der Waals surface area contributed by atoms with Crippen molar-refractivity contribution in [2.24, 2.45) is 0 Å². The van der Waals surface area contributed by atoms with Crippen molar-refractivity contribution in [2.75, 3.05) is 25.9 Å². The first-order valence-corrected chi connectivity index (χ1v) is 5.15. The Labute approximate surface area is 85.7 Å². The van der Waals surface area contributed by atoms with Crippen molar-refractivity contribution in [3.05, 3.63) is 29.8 Å². The lowest BCUT2D eigenvalue weighted by molar-refractivity contribution is 0.381. The molecule has 2 heteroatoms. The van der Waals surface area contributed by atoms with E-state index in [4.69, 9.17) is 5.73 Å². The van der Waals surface area contributed by atoms with Gasteiger partial charge in [0.1, 0.15) is 0 Å². The van der Waals surface area contributed by atoms with E-state index in [1.807, 2.05) is 12.1 Å². The average molecular weight is 190 g/mol. The Morgan fingerprint density at radius 1 is 1.29 bits per heavy atom. The molecule has 1 fully saturated rings. The summed E-state index contributed by atoms with van der Waals surface area (Å²) in [6.45, 7) is 4.68. The molecule has 2 N–H and O–H groups in total. The Morgan fingerprint density at radius 3 is 2.43 bits per heavy atom. The molecule has 0 radical (unpaired) electrons.